The maximum atomic E-state index is 3.88. The van der Waals surface area contributed by atoms with Gasteiger partial charge >= 0.3 is 0 Å². The Hall–Kier alpha value is -2.08. The zero-order chi connectivity index (χ0) is 13.7. The molecular formula is C19H20. The summed E-state index contributed by atoms with van der Waals surface area (Å²) in [5, 5.41) is 0. The van der Waals surface area contributed by atoms with Gasteiger partial charge in [-0.1, -0.05) is 80.8 Å². The lowest BCUT2D eigenvalue weighted by Crippen LogP contribution is -1.99. The Morgan fingerprint density at radius 2 is 1.63 bits per heavy atom. The van der Waals surface area contributed by atoms with E-state index in [1.807, 2.05) is 12.2 Å². The SMILES string of the molecule is C=Cc1ccc(C(C)Cc2ccccc2)cc1C=C. The van der Waals surface area contributed by atoms with Crippen molar-refractivity contribution in [2.75, 3.05) is 0 Å². The van der Waals surface area contributed by atoms with Crippen molar-refractivity contribution < 1.29 is 0 Å². The molecule has 0 radical (unpaired) electrons. The first kappa shape index (κ1) is 13.4. The molecule has 0 saturated carbocycles. The highest BCUT2D eigenvalue weighted by atomic mass is 14.1. The van der Waals surface area contributed by atoms with E-state index in [1.165, 1.54) is 11.1 Å². The van der Waals surface area contributed by atoms with Crippen molar-refractivity contribution in [3.63, 3.8) is 0 Å². The third-order valence-electron chi connectivity index (χ3n) is 3.50. The standard InChI is InChI=1S/C19H20/c1-4-17-11-12-19(14-18(17)5-2)15(3)13-16-9-7-6-8-10-16/h4-12,14-15H,1-2,13H2,3H3. The summed E-state index contributed by atoms with van der Waals surface area (Å²) in [6, 6.07) is 17.2. The molecular weight excluding hydrogens is 228 g/mol. The van der Waals surface area contributed by atoms with Crippen LogP contribution in [0.15, 0.2) is 61.7 Å². The van der Waals surface area contributed by atoms with Crippen molar-refractivity contribution >= 4 is 12.2 Å². The maximum absolute atomic E-state index is 3.88. The molecule has 0 aromatic heterocycles. The zero-order valence-corrected chi connectivity index (χ0v) is 11.5. The van der Waals surface area contributed by atoms with Crippen LogP contribution in [0.2, 0.25) is 0 Å². The molecule has 0 heterocycles. The van der Waals surface area contributed by atoms with Crippen LogP contribution in [0, 0.1) is 0 Å². The molecule has 0 aliphatic rings. The van der Waals surface area contributed by atoms with Gasteiger partial charge in [-0.3, -0.25) is 0 Å². The minimum absolute atomic E-state index is 0.500. The van der Waals surface area contributed by atoms with Gasteiger partial charge in [0.15, 0.2) is 0 Å². The molecule has 2 aromatic carbocycles. The Labute approximate surface area is 116 Å². The Morgan fingerprint density at radius 3 is 2.26 bits per heavy atom. The maximum Gasteiger partial charge on any atom is -0.0150 e. The molecule has 0 amide bonds. The Kier molecular flexibility index (Phi) is 4.35. The zero-order valence-electron chi connectivity index (χ0n) is 11.5. The van der Waals surface area contributed by atoms with Crippen molar-refractivity contribution in [1.82, 2.24) is 0 Å². The van der Waals surface area contributed by atoms with Crippen LogP contribution in [0.1, 0.15) is 35.1 Å². The fraction of sp³-hybridized carbons (Fsp3) is 0.158. The van der Waals surface area contributed by atoms with E-state index in [0.717, 1.165) is 17.5 Å². The van der Waals surface area contributed by atoms with Crippen LogP contribution in [0.3, 0.4) is 0 Å². The highest BCUT2D eigenvalue weighted by Gasteiger charge is 2.08. The number of hydrogen-bond donors (Lipinski definition) is 0. The smallest absolute Gasteiger partial charge is 0.0150 e. The molecule has 0 N–H and O–H groups in total. The third-order valence-corrected chi connectivity index (χ3v) is 3.50. The van der Waals surface area contributed by atoms with Gasteiger partial charge in [0.25, 0.3) is 0 Å². The third kappa shape index (κ3) is 3.23. The molecule has 0 saturated heterocycles. The van der Waals surface area contributed by atoms with Gasteiger partial charge in [-0.25, -0.2) is 0 Å². The summed E-state index contributed by atoms with van der Waals surface area (Å²) in [6.07, 6.45) is 4.84. The van der Waals surface area contributed by atoms with Crippen LogP contribution >= 0.6 is 0 Å². The van der Waals surface area contributed by atoms with Crippen LogP contribution in [0.25, 0.3) is 12.2 Å². The Bertz CT molecular complexity index is 564. The highest BCUT2D eigenvalue weighted by Crippen LogP contribution is 2.24. The predicted octanol–water partition coefficient (Wildman–Crippen LogP) is 5.32. The summed E-state index contributed by atoms with van der Waals surface area (Å²) in [7, 11) is 0. The van der Waals surface area contributed by atoms with Crippen LogP contribution in [0.5, 0.6) is 0 Å². The lowest BCUT2D eigenvalue weighted by atomic mass is 9.91. The van der Waals surface area contributed by atoms with E-state index < -0.39 is 0 Å². The average Bonchev–Trinajstić information content (AvgIpc) is 2.47. The second kappa shape index (κ2) is 6.19. The van der Waals surface area contributed by atoms with Gasteiger partial charge in [0.2, 0.25) is 0 Å². The van der Waals surface area contributed by atoms with Crippen LogP contribution in [-0.4, -0.2) is 0 Å². The first-order chi connectivity index (χ1) is 9.24. The summed E-state index contributed by atoms with van der Waals surface area (Å²) in [5.41, 5.74) is 5.03. The molecule has 96 valence electrons. The van der Waals surface area contributed by atoms with E-state index in [1.54, 1.807) is 0 Å². The van der Waals surface area contributed by atoms with Crippen molar-refractivity contribution in [3.8, 4) is 0 Å². The van der Waals surface area contributed by atoms with E-state index in [0.29, 0.717) is 5.92 Å². The number of hydrogen-bond acceptors (Lipinski definition) is 0. The monoisotopic (exact) mass is 248 g/mol. The van der Waals surface area contributed by atoms with Crippen LogP contribution in [-0.2, 0) is 6.42 Å². The van der Waals surface area contributed by atoms with Crippen molar-refractivity contribution in [1.29, 1.82) is 0 Å². The second-order valence-corrected chi connectivity index (χ2v) is 4.89. The highest BCUT2D eigenvalue weighted by molar-refractivity contribution is 5.64. The molecule has 0 spiro atoms. The van der Waals surface area contributed by atoms with E-state index in [9.17, 15) is 0 Å². The quantitative estimate of drug-likeness (QED) is 0.672. The number of rotatable bonds is 5. The van der Waals surface area contributed by atoms with Gasteiger partial charge in [0.1, 0.15) is 0 Å². The molecule has 1 unspecified atom stereocenters. The van der Waals surface area contributed by atoms with Gasteiger partial charge in [-0.05, 0) is 34.6 Å². The van der Waals surface area contributed by atoms with Gasteiger partial charge in [0, 0.05) is 0 Å². The molecule has 2 aromatic rings. The fourth-order valence-electron chi connectivity index (χ4n) is 2.35. The van der Waals surface area contributed by atoms with Crippen LogP contribution < -0.4 is 0 Å². The van der Waals surface area contributed by atoms with E-state index in [4.69, 9.17) is 0 Å². The van der Waals surface area contributed by atoms with Gasteiger partial charge in [0.05, 0.1) is 0 Å². The lowest BCUT2D eigenvalue weighted by molar-refractivity contribution is 0.759. The largest absolute Gasteiger partial charge is 0.0984 e. The fourth-order valence-corrected chi connectivity index (χ4v) is 2.35. The molecule has 2 rings (SSSR count). The van der Waals surface area contributed by atoms with Crippen molar-refractivity contribution in [3.05, 3.63) is 83.9 Å². The van der Waals surface area contributed by atoms with Gasteiger partial charge in [-0.15, -0.1) is 0 Å². The Balaban J connectivity index is 2.22. The normalized spacial score (nSPS) is 11.8. The Morgan fingerprint density at radius 1 is 0.947 bits per heavy atom. The predicted molar refractivity (Wildman–Crippen MR) is 85.2 cm³/mol. The summed E-state index contributed by atoms with van der Waals surface area (Å²) < 4.78 is 0. The van der Waals surface area contributed by atoms with E-state index in [-0.39, 0.29) is 0 Å². The van der Waals surface area contributed by atoms with E-state index >= 15 is 0 Å². The number of benzene rings is 2. The van der Waals surface area contributed by atoms with Crippen molar-refractivity contribution in [2.24, 2.45) is 0 Å². The van der Waals surface area contributed by atoms with Crippen LogP contribution in [0.4, 0.5) is 0 Å². The van der Waals surface area contributed by atoms with Crippen molar-refractivity contribution in [2.45, 2.75) is 19.3 Å². The molecule has 0 aliphatic carbocycles. The minimum atomic E-state index is 0.500. The molecule has 19 heavy (non-hydrogen) atoms. The molecule has 1 atom stereocenters. The lowest BCUT2D eigenvalue weighted by Gasteiger charge is -2.14. The molecule has 0 fully saturated rings. The van der Waals surface area contributed by atoms with Gasteiger partial charge in [-0.2, -0.15) is 0 Å². The molecule has 0 heteroatoms. The average molecular weight is 248 g/mol. The van der Waals surface area contributed by atoms with Gasteiger partial charge < -0.3 is 0 Å². The summed E-state index contributed by atoms with van der Waals surface area (Å²) in [5.74, 6) is 0.500. The molecule has 0 nitrogen and oxygen atoms in total. The first-order valence-corrected chi connectivity index (χ1v) is 6.67. The minimum Gasteiger partial charge on any atom is -0.0984 e. The first-order valence-electron chi connectivity index (χ1n) is 6.67. The van der Waals surface area contributed by atoms with E-state index in [2.05, 4.69) is 68.6 Å². The molecule has 0 bridgehead atoms. The second-order valence-electron chi connectivity index (χ2n) is 4.89. The topological polar surface area (TPSA) is 0 Å². The summed E-state index contributed by atoms with van der Waals surface area (Å²) in [6.45, 7) is 9.98. The molecule has 0 aliphatic heterocycles. The summed E-state index contributed by atoms with van der Waals surface area (Å²) >= 11 is 0. The summed E-state index contributed by atoms with van der Waals surface area (Å²) in [4.78, 5) is 0.